The van der Waals surface area contributed by atoms with E-state index in [-0.39, 0.29) is 24.4 Å². The van der Waals surface area contributed by atoms with Gasteiger partial charge < -0.3 is 14.4 Å². The Hall–Kier alpha value is -3.16. The topological polar surface area (TPSA) is 78.8 Å². The molecule has 4 rings (SSSR count). The van der Waals surface area contributed by atoms with E-state index in [1.165, 1.54) is 11.9 Å². The van der Waals surface area contributed by atoms with Crippen LogP contribution in [0.15, 0.2) is 42.7 Å². The van der Waals surface area contributed by atoms with Crippen molar-refractivity contribution in [2.45, 2.75) is 38.4 Å². The first-order valence-electron chi connectivity index (χ1n) is 9.81. The predicted molar refractivity (Wildman–Crippen MR) is 106 cm³/mol. The molecule has 2 aliphatic heterocycles. The molecule has 3 heterocycles. The van der Waals surface area contributed by atoms with Crippen LogP contribution in [0.5, 0.6) is 0 Å². The van der Waals surface area contributed by atoms with Crippen molar-refractivity contribution in [3.05, 3.63) is 54.1 Å². The van der Waals surface area contributed by atoms with Gasteiger partial charge in [0, 0.05) is 39.1 Å². The van der Waals surface area contributed by atoms with E-state index in [9.17, 15) is 14.4 Å². The largest absolute Gasteiger partial charge is 0.341 e. The summed E-state index contributed by atoms with van der Waals surface area (Å²) in [4.78, 5) is 47.4. The zero-order valence-electron chi connectivity index (χ0n) is 16.7. The molecule has 0 N–H and O–H groups in total. The zero-order chi connectivity index (χ0) is 20.6. The third-order valence-electron chi connectivity index (χ3n) is 6.09. The van der Waals surface area contributed by atoms with E-state index < -0.39 is 5.54 Å². The van der Waals surface area contributed by atoms with Crippen LogP contribution in [0.25, 0.3) is 0 Å². The Morgan fingerprint density at radius 3 is 2.45 bits per heavy atom. The Balaban J connectivity index is 1.49. The van der Waals surface area contributed by atoms with Crippen molar-refractivity contribution in [3.8, 4) is 0 Å². The monoisotopic (exact) mass is 395 g/mol. The molecule has 1 spiro atoms. The maximum absolute atomic E-state index is 13.0. The standard InChI is InChI=1S/C21H25N5O3/c1-16-22-10-13-25(16)15-18(27)24-11-8-21(9-12-24)19(28)23(2)20(29)26(21)14-17-6-4-3-5-7-17/h3-7,10,13H,8-9,11-12,14-15H2,1-2H3. The molecular formula is C21H25N5O3. The van der Waals surface area contributed by atoms with Crippen LogP contribution < -0.4 is 0 Å². The van der Waals surface area contributed by atoms with Gasteiger partial charge in [0.05, 0.1) is 0 Å². The van der Waals surface area contributed by atoms with Gasteiger partial charge in [-0.15, -0.1) is 0 Å². The molecule has 2 fully saturated rings. The van der Waals surface area contributed by atoms with Crippen molar-refractivity contribution >= 4 is 17.8 Å². The van der Waals surface area contributed by atoms with Crippen LogP contribution in [0.2, 0.25) is 0 Å². The summed E-state index contributed by atoms with van der Waals surface area (Å²) in [6.45, 7) is 3.38. The Kier molecular flexibility index (Phi) is 4.86. The minimum Gasteiger partial charge on any atom is -0.341 e. The summed E-state index contributed by atoms with van der Waals surface area (Å²) in [6, 6.07) is 9.41. The van der Waals surface area contributed by atoms with E-state index in [0.717, 1.165) is 11.4 Å². The van der Waals surface area contributed by atoms with Gasteiger partial charge in [-0.1, -0.05) is 30.3 Å². The van der Waals surface area contributed by atoms with Gasteiger partial charge in [0.25, 0.3) is 5.91 Å². The minimum atomic E-state index is -0.872. The lowest BCUT2D eigenvalue weighted by Gasteiger charge is -2.42. The Morgan fingerprint density at radius 1 is 1.14 bits per heavy atom. The fourth-order valence-electron chi connectivity index (χ4n) is 4.29. The number of carbonyl (C=O) groups excluding carboxylic acids is 3. The fourth-order valence-corrected chi connectivity index (χ4v) is 4.29. The number of amides is 4. The molecule has 0 atom stereocenters. The summed E-state index contributed by atoms with van der Waals surface area (Å²) >= 11 is 0. The van der Waals surface area contributed by atoms with Crippen LogP contribution in [0.4, 0.5) is 4.79 Å². The lowest BCUT2D eigenvalue weighted by molar-refractivity contribution is -0.141. The summed E-state index contributed by atoms with van der Waals surface area (Å²) in [5, 5.41) is 0. The molecule has 1 aromatic heterocycles. The van der Waals surface area contributed by atoms with Gasteiger partial charge in [-0.05, 0) is 25.3 Å². The average Bonchev–Trinajstić information content (AvgIpc) is 3.21. The Bertz CT molecular complexity index is 931. The van der Waals surface area contributed by atoms with E-state index >= 15 is 0 Å². The number of likely N-dealkylation sites (N-methyl/N-ethyl adjacent to an activating group) is 1. The lowest BCUT2D eigenvalue weighted by atomic mass is 9.85. The van der Waals surface area contributed by atoms with E-state index in [2.05, 4.69) is 4.98 Å². The predicted octanol–water partition coefficient (Wildman–Crippen LogP) is 1.65. The second kappa shape index (κ2) is 7.35. The first kappa shape index (κ1) is 19.2. The van der Waals surface area contributed by atoms with Crippen LogP contribution in [0.1, 0.15) is 24.2 Å². The SMILES string of the molecule is Cc1nccn1CC(=O)N1CCC2(CC1)C(=O)N(C)C(=O)N2Cc1ccccc1. The fraction of sp³-hybridized carbons (Fsp3) is 0.429. The maximum Gasteiger partial charge on any atom is 0.327 e. The summed E-state index contributed by atoms with van der Waals surface area (Å²) in [5.74, 6) is 0.621. The Morgan fingerprint density at radius 2 is 1.83 bits per heavy atom. The van der Waals surface area contributed by atoms with Crippen LogP contribution in [-0.4, -0.2) is 67.8 Å². The minimum absolute atomic E-state index is 0.000636. The van der Waals surface area contributed by atoms with Crippen LogP contribution >= 0.6 is 0 Å². The molecular weight excluding hydrogens is 370 g/mol. The van der Waals surface area contributed by atoms with Gasteiger partial charge in [-0.25, -0.2) is 9.78 Å². The van der Waals surface area contributed by atoms with Crippen molar-refractivity contribution in [2.75, 3.05) is 20.1 Å². The lowest BCUT2D eigenvalue weighted by Crippen LogP contribution is -2.57. The van der Waals surface area contributed by atoms with Gasteiger partial charge in [-0.2, -0.15) is 0 Å². The number of aryl methyl sites for hydroxylation is 1. The highest BCUT2D eigenvalue weighted by atomic mass is 16.2. The highest BCUT2D eigenvalue weighted by Gasteiger charge is 2.57. The summed E-state index contributed by atoms with van der Waals surface area (Å²) in [6.07, 6.45) is 4.36. The van der Waals surface area contributed by atoms with Gasteiger partial charge in [0.15, 0.2) is 0 Å². The number of nitrogens with zero attached hydrogens (tertiary/aromatic N) is 5. The summed E-state index contributed by atoms with van der Waals surface area (Å²) < 4.78 is 1.81. The number of hydrogen-bond acceptors (Lipinski definition) is 4. The maximum atomic E-state index is 13.0. The van der Waals surface area contributed by atoms with Crippen molar-refractivity contribution < 1.29 is 14.4 Å². The summed E-state index contributed by atoms with van der Waals surface area (Å²) in [5.41, 5.74) is 0.112. The second-order valence-corrected chi connectivity index (χ2v) is 7.73. The highest BCUT2D eigenvalue weighted by Crippen LogP contribution is 2.37. The van der Waals surface area contributed by atoms with E-state index in [4.69, 9.17) is 0 Å². The van der Waals surface area contributed by atoms with Crippen molar-refractivity contribution in [2.24, 2.45) is 0 Å². The van der Waals surface area contributed by atoms with Crippen molar-refractivity contribution in [1.29, 1.82) is 0 Å². The molecule has 0 unspecified atom stereocenters. The number of imidazole rings is 1. The van der Waals surface area contributed by atoms with Crippen molar-refractivity contribution in [3.63, 3.8) is 0 Å². The molecule has 0 aliphatic carbocycles. The third kappa shape index (κ3) is 3.28. The van der Waals surface area contributed by atoms with Crippen LogP contribution in [-0.2, 0) is 22.7 Å². The van der Waals surface area contributed by atoms with Crippen LogP contribution in [0.3, 0.4) is 0 Å². The van der Waals surface area contributed by atoms with Gasteiger partial charge in [0.2, 0.25) is 5.91 Å². The zero-order valence-corrected chi connectivity index (χ0v) is 16.7. The number of aromatic nitrogens is 2. The first-order chi connectivity index (χ1) is 13.9. The molecule has 2 aromatic rings. The molecule has 0 saturated carbocycles. The number of piperidine rings is 1. The normalized spacial score (nSPS) is 18.8. The molecule has 0 bridgehead atoms. The van der Waals surface area contributed by atoms with E-state index in [0.29, 0.717) is 32.5 Å². The number of carbonyl (C=O) groups is 3. The molecule has 152 valence electrons. The van der Waals surface area contributed by atoms with Gasteiger partial charge >= 0.3 is 6.03 Å². The average molecular weight is 395 g/mol. The molecule has 8 heteroatoms. The quantitative estimate of drug-likeness (QED) is 0.738. The second-order valence-electron chi connectivity index (χ2n) is 7.73. The number of imide groups is 1. The molecule has 8 nitrogen and oxygen atoms in total. The van der Waals surface area contributed by atoms with E-state index in [1.54, 1.807) is 22.2 Å². The highest BCUT2D eigenvalue weighted by molar-refractivity contribution is 6.06. The third-order valence-corrected chi connectivity index (χ3v) is 6.09. The molecule has 4 amide bonds. The summed E-state index contributed by atoms with van der Waals surface area (Å²) in [7, 11) is 1.54. The number of benzene rings is 1. The van der Waals surface area contributed by atoms with Gasteiger partial charge in [-0.3, -0.25) is 14.5 Å². The molecule has 29 heavy (non-hydrogen) atoms. The number of hydrogen-bond donors (Lipinski definition) is 0. The van der Waals surface area contributed by atoms with Crippen LogP contribution in [0, 0.1) is 6.92 Å². The number of likely N-dealkylation sites (tertiary alicyclic amines) is 1. The van der Waals surface area contributed by atoms with Crippen molar-refractivity contribution in [1.82, 2.24) is 24.3 Å². The Labute approximate surface area is 169 Å². The first-order valence-corrected chi connectivity index (χ1v) is 9.81. The molecule has 0 radical (unpaired) electrons. The molecule has 1 aromatic carbocycles. The van der Waals surface area contributed by atoms with E-state index in [1.807, 2.05) is 41.8 Å². The number of urea groups is 1. The molecule has 2 aliphatic rings. The molecule has 2 saturated heterocycles. The number of rotatable bonds is 4. The smallest absolute Gasteiger partial charge is 0.327 e. The van der Waals surface area contributed by atoms with Gasteiger partial charge in [0.1, 0.15) is 17.9 Å².